The van der Waals surface area contributed by atoms with E-state index < -0.39 is 0 Å². The zero-order valence-corrected chi connectivity index (χ0v) is 11.7. The van der Waals surface area contributed by atoms with Crippen LogP contribution in [0.15, 0.2) is 30.3 Å². The van der Waals surface area contributed by atoms with Crippen molar-refractivity contribution < 1.29 is 9.53 Å². The molecule has 4 nitrogen and oxygen atoms in total. The normalized spacial score (nSPS) is 10.4. The number of amides is 1. The summed E-state index contributed by atoms with van der Waals surface area (Å²) in [6.45, 7) is 2.98. The highest BCUT2D eigenvalue weighted by Crippen LogP contribution is 2.04. The topological polar surface area (TPSA) is 50.4 Å². The van der Waals surface area contributed by atoms with Crippen LogP contribution in [0.2, 0.25) is 0 Å². The zero-order chi connectivity index (χ0) is 13.8. The largest absolute Gasteiger partial charge is 0.383 e. The van der Waals surface area contributed by atoms with E-state index in [-0.39, 0.29) is 5.91 Å². The number of carbonyl (C=O) groups excluding carboxylic acids is 1. The van der Waals surface area contributed by atoms with Crippen LogP contribution in [0, 0.1) is 0 Å². The van der Waals surface area contributed by atoms with Crippen LogP contribution in [-0.2, 0) is 16.0 Å². The SMILES string of the molecule is COCCNCCNC(=O)CCCc1ccccc1. The van der Waals surface area contributed by atoms with Gasteiger partial charge in [-0.1, -0.05) is 30.3 Å². The van der Waals surface area contributed by atoms with Gasteiger partial charge in [-0.15, -0.1) is 0 Å². The first kappa shape index (κ1) is 15.7. The number of ether oxygens (including phenoxy) is 1. The van der Waals surface area contributed by atoms with Gasteiger partial charge in [0, 0.05) is 33.2 Å². The predicted octanol–water partition coefficient (Wildman–Crippen LogP) is 1.36. The maximum atomic E-state index is 11.6. The maximum absolute atomic E-state index is 11.6. The molecule has 1 aromatic carbocycles. The van der Waals surface area contributed by atoms with E-state index in [0.29, 0.717) is 19.6 Å². The Labute approximate surface area is 115 Å². The van der Waals surface area contributed by atoms with Crippen molar-refractivity contribution in [1.82, 2.24) is 10.6 Å². The lowest BCUT2D eigenvalue weighted by Crippen LogP contribution is -2.32. The number of carbonyl (C=O) groups is 1. The third kappa shape index (κ3) is 8.35. The summed E-state index contributed by atoms with van der Waals surface area (Å²) in [5, 5.41) is 6.09. The smallest absolute Gasteiger partial charge is 0.220 e. The summed E-state index contributed by atoms with van der Waals surface area (Å²) < 4.78 is 4.91. The summed E-state index contributed by atoms with van der Waals surface area (Å²) in [7, 11) is 1.68. The van der Waals surface area contributed by atoms with E-state index in [9.17, 15) is 4.79 Å². The number of aryl methyl sites for hydroxylation is 1. The first-order valence-corrected chi connectivity index (χ1v) is 6.83. The lowest BCUT2D eigenvalue weighted by molar-refractivity contribution is -0.121. The number of hydrogen-bond donors (Lipinski definition) is 2. The molecular weight excluding hydrogens is 240 g/mol. The Morgan fingerprint density at radius 3 is 2.68 bits per heavy atom. The Bertz CT molecular complexity index is 341. The minimum Gasteiger partial charge on any atom is -0.383 e. The molecule has 0 bridgehead atoms. The third-order valence-corrected chi connectivity index (χ3v) is 2.82. The zero-order valence-electron chi connectivity index (χ0n) is 11.7. The third-order valence-electron chi connectivity index (χ3n) is 2.82. The fraction of sp³-hybridized carbons (Fsp3) is 0.533. The molecule has 106 valence electrons. The van der Waals surface area contributed by atoms with Crippen LogP contribution in [0.5, 0.6) is 0 Å². The van der Waals surface area contributed by atoms with Crippen LogP contribution < -0.4 is 10.6 Å². The minimum absolute atomic E-state index is 0.129. The standard InChI is InChI=1S/C15H24N2O2/c1-19-13-12-16-10-11-17-15(18)9-5-8-14-6-3-2-4-7-14/h2-4,6-7,16H,5,8-13H2,1H3,(H,17,18). The van der Waals surface area contributed by atoms with Gasteiger partial charge in [0.25, 0.3) is 0 Å². The predicted molar refractivity (Wildman–Crippen MR) is 77.1 cm³/mol. The Morgan fingerprint density at radius 2 is 1.95 bits per heavy atom. The maximum Gasteiger partial charge on any atom is 0.220 e. The molecule has 1 amide bonds. The Morgan fingerprint density at radius 1 is 1.16 bits per heavy atom. The van der Waals surface area contributed by atoms with Crippen molar-refractivity contribution in [2.45, 2.75) is 19.3 Å². The fourth-order valence-electron chi connectivity index (χ4n) is 1.78. The monoisotopic (exact) mass is 264 g/mol. The van der Waals surface area contributed by atoms with Crippen LogP contribution >= 0.6 is 0 Å². The molecule has 0 heterocycles. The second-order valence-corrected chi connectivity index (χ2v) is 4.43. The number of hydrogen-bond acceptors (Lipinski definition) is 3. The highest BCUT2D eigenvalue weighted by atomic mass is 16.5. The first-order valence-electron chi connectivity index (χ1n) is 6.83. The molecule has 1 rings (SSSR count). The van der Waals surface area contributed by atoms with Gasteiger partial charge in [-0.25, -0.2) is 0 Å². The number of nitrogens with one attached hydrogen (secondary N) is 2. The van der Waals surface area contributed by atoms with Crippen molar-refractivity contribution in [3.8, 4) is 0 Å². The molecule has 0 fully saturated rings. The van der Waals surface area contributed by atoms with Crippen molar-refractivity contribution in [3.63, 3.8) is 0 Å². The molecule has 0 saturated heterocycles. The van der Waals surface area contributed by atoms with Gasteiger partial charge in [-0.05, 0) is 18.4 Å². The Hall–Kier alpha value is -1.39. The lowest BCUT2D eigenvalue weighted by Gasteiger charge is -2.06. The average molecular weight is 264 g/mol. The molecule has 1 aromatic rings. The van der Waals surface area contributed by atoms with Gasteiger partial charge in [-0.2, -0.15) is 0 Å². The Balaban J connectivity index is 1.96. The van der Waals surface area contributed by atoms with Crippen LogP contribution in [0.25, 0.3) is 0 Å². The van der Waals surface area contributed by atoms with Crippen LogP contribution in [-0.4, -0.2) is 39.3 Å². The van der Waals surface area contributed by atoms with E-state index >= 15 is 0 Å². The van der Waals surface area contributed by atoms with Crippen LogP contribution in [0.1, 0.15) is 18.4 Å². The van der Waals surface area contributed by atoms with E-state index in [2.05, 4.69) is 22.8 Å². The average Bonchev–Trinajstić information content (AvgIpc) is 2.44. The molecule has 0 aliphatic carbocycles. The summed E-state index contributed by atoms with van der Waals surface area (Å²) in [6.07, 6.45) is 2.44. The van der Waals surface area contributed by atoms with E-state index in [0.717, 1.165) is 25.9 Å². The number of methoxy groups -OCH3 is 1. The highest BCUT2D eigenvalue weighted by Gasteiger charge is 2.00. The Kier molecular flexibility index (Phi) is 8.68. The van der Waals surface area contributed by atoms with E-state index in [4.69, 9.17) is 4.74 Å². The molecule has 0 unspecified atom stereocenters. The molecule has 0 saturated carbocycles. The van der Waals surface area contributed by atoms with Crippen LogP contribution in [0.4, 0.5) is 0 Å². The number of benzene rings is 1. The molecule has 0 atom stereocenters. The molecule has 4 heteroatoms. The van der Waals surface area contributed by atoms with E-state index in [1.54, 1.807) is 7.11 Å². The van der Waals surface area contributed by atoms with Gasteiger partial charge in [0.05, 0.1) is 6.61 Å². The summed E-state index contributed by atoms with van der Waals surface area (Å²) in [5.41, 5.74) is 1.29. The summed E-state index contributed by atoms with van der Waals surface area (Å²) in [6, 6.07) is 10.3. The molecule has 0 aliphatic heterocycles. The molecule has 0 radical (unpaired) electrons. The van der Waals surface area contributed by atoms with Gasteiger partial charge < -0.3 is 15.4 Å². The molecule has 19 heavy (non-hydrogen) atoms. The van der Waals surface area contributed by atoms with Gasteiger partial charge >= 0.3 is 0 Å². The molecular formula is C15H24N2O2. The fourth-order valence-corrected chi connectivity index (χ4v) is 1.78. The van der Waals surface area contributed by atoms with Crippen molar-refractivity contribution in [1.29, 1.82) is 0 Å². The molecule has 0 spiro atoms. The molecule has 2 N–H and O–H groups in total. The second-order valence-electron chi connectivity index (χ2n) is 4.43. The van der Waals surface area contributed by atoms with Gasteiger partial charge in [0.2, 0.25) is 5.91 Å². The molecule has 0 aromatic heterocycles. The summed E-state index contributed by atoms with van der Waals surface area (Å²) in [4.78, 5) is 11.6. The van der Waals surface area contributed by atoms with Crippen molar-refractivity contribution in [3.05, 3.63) is 35.9 Å². The van der Waals surface area contributed by atoms with Gasteiger partial charge in [0.1, 0.15) is 0 Å². The van der Waals surface area contributed by atoms with Gasteiger partial charge in [-0.3, -0.25) is 4.79 Å². The van der Waals surface area contributed by atoms with Gasteiger partial charge in [0.15, 0.2) is 0 Å². The second kappa shape index (κ2) is 10.5. The van der Waals surface area contributed by atoms with E-state index in [1.165, 1.54) is 5.56 Å². The quantitative estimate of drug-likeness (QED) is 0.627. The number of rotatable bonds is 10. The van der Waals surface area contributed by atoms with E-state index in [1.807, 2.05) is 18.2 Å². The van der Waals surface area contributed by atoms with Crippen molar-refractivity contribution >= 4 is 5.91 Å². The molecule has 0 aliphatic rings. The van der Waals surface area contributed by atoms with Crippen molar-refractivity contribution in [2.75, 3.05) is 33.4 Å². The summed E-state index contributed by atoms with van der Waals surface area (Å²) in [5.74, 6) is 0.129. The van der Waals surface area contributed by atoms with Crippen LogP contribution in [0.3, 0.4) is 0 Å². The summed E-state index contributed by atoms with van der Waals surface area (Å²) >= 11 is 0. The lowest BCUT2D eigenvalue weighted by atomic mass is 10.1. The van der Waals surface area contributed by atoms with Crippen molar-refractivity contribution in [2.24, 2.45) is 0 Å². The minimum atomic E-state index is 0.129. The highest BCUT2D eigenvalue weighted by molar-refractivity contribution is 5.75. The first-order chi connectivity index (χ1) is 9.33.